The molecule has 0 unspecified atom stereocenters. The van der Waals surface area contributed by atoms with E-state index >= 15 is 0 Å². The van der Waals surface area contributed by atoms with Gasteiger partial charge in [-0.05, 0) is 12.2 Å². The maximum Gasteiger partial charge on any atom is 0.305 e. The van der Waals surface area contributed by atoms with E-state index in [2.05, 4.69) is 0 Å². The summed E-state index contributed by atoms with van der Waals surface area (Å²) in [6.07, 6.45) is 3.70. The van der Waals surface area contributed by atoms with Crippen molar-refractivity contribution in [2.45, 2.75) is 13.0 Å². The van der Waals surface area contributed by atoms with Crippen molar-refractivity contribution in [2.75, 3.05) is 0 Å². The molecule has 1 aromatic rings. The second-order valence-electron chi connectivity index (χ2n) is 2.53. The molecule has 4 nitrogen and oxygen atoms in total. The van der Waals surface area contributed by atoms with Crippen molar-refractivity contribution >= 4 is 18.2 Å². The Bertz CT molecular complexity index is 339. The molecule has 1 rings (SSSR count). The quantitative estimate of drug-likeness (QED) is 0.717. The van der Waals surface area contributed by atoms with Gasteiger partial charge >= 0.3 is 5.97 Å². The topological polar surface area (TPSA) is 47.2 Å². The van der Waals surface area contributed by atoms with Crippen LogP contribution in [0, 0.1) is 4.77 Å². The van der Waals surface area contributed by atoms with Crippen LogP contribution in [0.3, 0.4) is 0 Å². The minimum atomic E-state index is -0.805. The summed E-state index contributed by atoms with van der Waals surface area (Å²) >= 11 is 5.01. The summed E-state index contributed by atoms with van der Waals surface area (Å²) in [5, 5.41) is 8.42. The molecule has 0 atom stereocenters. The number of hydrogen-bond acceptors (Lipinski definition) is 2. The highest BCUT2D eigenvalue weighted by molar-refractivity contribution is 7.71. The number of nitrogens with zero attached hydrogens (tertiary/aromatic N) is 2. The first kappa shape index (κ1) is 8.99. The van der Waals surface area contributed by atoms with Gasteiger partial charge in [0.15, 0.2) is 4.77 Å². The minimum Gasteiger partial charge on any atom is -0.481 e. The second-order valence-corrected chi connectivity index (χ2v) is 2.89. The molecule has 0 aliphatic carbocycles. The first-order valence-electron chi connectivity index (χ1n) is 3.55. The van der Waals surface area contributed by atoms with E-state index in [0.717, 1.165) is 0 Å². The molecule has 1 aromatic heterocycles. The van der Waals surface area contributed by atoms with Gasteiger partial charge < -0.3 is 14.2 Å². The highest BCUT2D eigenvalue weighted by Crippen LogP contribution is 1.96. The highest BCUT2D eigenvalue weighted by Gasteiger charge is 1.99. The molecule has 0 radical (unpaired) electrons. The molecular weight excluding hydrogens is 176 g/mol. The Morgan fingerprint density at radius 1 is 1.67 bits per heavy atom. The summed E-state index contributed by atoms with van der Waals surface area (Å²) in [5.74, 6) is -0.805. The van der Waals surface area contributed by atoms with Crippen LogP contribution >= 0.6 is 12.2 Å². The number of carboxylic acid groups (broad SMARTS) is 1. The van der Waals surface area contributed by atoms with Gasteiger partial charge in [0.25, 0.3) is 0 Å². The maximum absolute atomic E-state index is 10.2. The third-order valence-corrected chi connectivity index (χ3v) is 2.11. The van der Waals surface area contributed by atoms with Gasteiger partial charge in [-0.2, -0.15) is 0 Å². The van der Waals surface area contributed by atoms with Crippen molar-refractivity contribution in [2.24, 2.45) is 7.05 Å². The van der Waals surface area contributed by atoms with Crippen molar-refractivity contribution in [1.82, 2.24) is 9.13 Å². The predicted octanol–water partition coefficient (Wildman–Crippen LogP) is 1.03. The number of rotatable bonds is 3. The molecule has 66 valence electrons. The molecule has 0 aliphatic rings. The number of carboxylic acids is 1. The number of aryl methyl sites for hydroxylation is 2. The van der Waals surface area contributed by atoms with Gasteiger partial charge in [-0.15, -0.1) is 0 Å². The van der Waals surface area contributed by atoms with Gasteiger partial charge in [0.05, 0.1) is 6.42 Å². The van der Waals surface area contributed by atoms with Crippen LogP contribution in [0.5, 0.6) is 0 Å². The van der Waals surface area contributed by atoms with Crippen LogP contribution in [0.2, 0.25) is 0 Å². The maximum atomic E-state index is 10.2. The minimum absolute atomic E-state index is 0.109. The number of aromatic nitrogens is 2. The second kappa shape index (κ2) is 3.53. The van der Waals surface area contributed by atoms with E-state index in [1.165, 1.54) is 0 Å². The molecule has 0 aliphatic heterocycles. The normalized spacial score (nSPS) is 10.1. The summed E-state index contributed by atoms with van der Waals surface area (Å²) in [6.45, 7) is 0.439. The Labute approximate surface area is 75.1 Å². The number of hydrogen-bond donors (Lipinski definition) is 1. The predicted molar refractivity (Wildman–Crippen MR) is 46.5 cm³/mol. The fourth-order valence-electron chi connectivity index (χ4n) is 0.897. The van der Waals surface area contributed by atoms with E-state index < -0.39 is 5.97 Å². The van der Waals surface area contributed by atoms with Crippen LogP contribution in [0.1, 0.15) is 6.42 Å². The fraction of sp³-hybridized carbons (Fsp3) is 0.429. The van der Waals surface area contributed by atoms with Crippen molar-refractivity contribution in [3.8, 4) is 0 Å². The van der Waals surface area contributed by atoms with Gasteiger partial charge in [0.1, 0.15) is 0 Å². The average Bonchev–Trinajstić information content (AvgIpc) is 2.30. The van der Waals surface area contributed by atoms with Crippen molar-refractivity contribution in [3.63, 3.8) is 0 Å². The Balaban J connectivity index is 2.70. The number of carbonyl (C=O) groups is 1. The zero-order valence-corrected chi connectivity index (χ0v) is 7.54. The van der Waals surface area contributed by atoms with Crippen LogP contribution in [-0.4, -0.2) is 20.2 Å². The molecule has 0 amide bonds. The van der Waals surface area contributed by atoms with Crippen LogP contribution in [0.15, 0.2) is 12.4 Å². The molecule has 1 heterocycles. The Hall–Kier alpha value is -1.10. The smallest absolute Gasteiger partial charge is 0.305 e. The Morgan fingerprint density at radius 2 is 2.33 bits per heavy atom. The summed E-state index contributed by atoms with van der Waals surface area (Å²) < 4.78 is 4.16. The molecule has 0 bridgehead atoms. The first-order chi connectivity index (χ1) is 5.61. The van der Waals surface area contributed by atoms with E-state index in [1.807, 2.05) is 13.2 Å². The van der Waals surface area contributed by atoms with Crippen LogP contribution in [0.4, 0.5) is 0 Å². The lowest BCUT2D eigenvalue weighted by Crippen LogP contribution is -2.04. The molecule has 0 fully saturated rings. The Kier molecular flexibility index (Phi) is 2.65. The summed E-state index contributed by atoms with van der Waals surface area (Å²) in [6, 6.07) is 0. The average molecular weight is 186 g/mol. The van der Waals surface area contributed by atoms with Gasteiger partial charge in [-0.1, -0.05) is 0 Å². The zero-order valence-electron chi connectivity index (χ0n) is 6.73. The molecular formula is C7H10N2O2S. The van der Waals surface area contributed by atoms with E-state index in [1.54, 1.807) is 15.3 Å². The summed E-state index contributed by atoms with van der Waals surface area (Å²) in [5.41, 5.74) is 0. The van der Waals surface area contributed by atoms with Crippen molar-refractivity contribution in [1.29, 1.82) is 0 Å². The third kappa shape index (κ3) is 1.94. The third-order valence-electron chi connectivity index (χ3n) is 1.58. The largest absolute Gasteiger partial charge is 0.481 e. The van der Waals surface area contributed by atoms with Gasteiger partial charge in [0, 0.05) is 26.0 Å². The van der Waals surface area contributed by atoms with Gasteiger partial charge in [0.2, 0.25) is 0 Å². The summed E-state index contributed by atoms with van der Waals surface area (Å²) in [7, 11) is 1.83. The zero-order chi connectivity index (χ0) is 9.14. The van der Waals surface area contributed by atoms with Crippen LogP contribution in [-0.2, 0) is 18.4 Å². The monoisotopic (exact) mass is 186 g/mol. The van der Waals surface area contributed by atoms with Crippen molar-refractivity contribution < 1.29 is 9.90 Å². The number of imidazole rings is 1. The fourth-order valence-corrected chi connectivity index (χ4v) is 1.11. The molecule has 5 heteroatoms. The highest BCUT2D eigenvalue weighted by atomic mass is 32.1. The van der Waals surface area contributed by atoms with E-state index in [9.17, 15) is 4.79 Å². The lowest BCUT2D eigenvalue weighted by atomic mass is 10.4. The Morgan fingerprint density at radius 3 is 2.75 bits per heavy atom. The standard InChI is InChI=1S/C7H10N2O2S/c1-8-4-5-9(7(8)12)3-2-6(10)11/h4-5H,2-3H2,1H3,(H,10,11). The lowest BCUT2D eigenvalue weighted by molar-refractivity contribution is -0.137. The SMILES string of the molecule is Cn1ccn(CCC(=O)O)c1=S. The van der Waals surface area contributed by atoms with Crippen LogP contribution in [0.25, 0.3) is 0 Å². The van der Waals surface area contributed by atoms with Crippen molar-refractivity contribution in [3.05, 3.63) is 17.2 Å². The first-order valence-corrected chi connectivity index (χ1v) is 3.95. The molecule has 1 N–H and O–H groups in total. The molecule has 12 heavy (non-hydrogen) atoms. The van der Waals surface area contributed by atoms with E-state index in [4.69, 9.17) is 17.3 Å². The van der Waals surface area contributed by atoms with E-state index in [0.29, 0.717) is 11.3 Å². The van der Waals surface area contributed by atoms with Crippen LogP contribution < -0.4 is 0 Å². The molecule has 0 saturated heterocycles. The molecule has 0 aromatic carbocycles. The lowest BCUT2D eigenvalue weighted by Gasteiger charge is -1.98. The molecule has 0 saturated carbocycles. The number of aliphatic carboxylic acids is 1. The van der Waals surface area contributed by atoms with E-state index in [-0.39, 0.29) is 6.42 Å². The molecule has 0 spiro atoms. The van der Waals surface area contributed by atoms with Gasteiger partial charge in [-0.25, -0.2) is 0 Å². The van der Waals surface area contributed by atoms with Gasteiger partial charge in [-0.3, -0.25) is 4.79 Å². The summed E-state index contributed by atoms with van der Waals surface area (Å²) in [4.78, 5) is 10.2.